The molecule has 0 N–H and O–H groups in total. The number of non-ortho nitro benzene ring substituents is 1. The van der Waals surface area contributed by atoms with E-state index in [9.17, 15) is 10.1 Å². The van der Waals surface area contributed by atoms with Crippen LogP contribution in [0.15, 0.2) is 42.5 Å². The molecule has 6 heteroatoms. The van der Waals surface area contributed by atoms with Gasteiger partial charge in [0, 0.05) is 24.4 Å². The molecule has 2 aromatic carbocycles. The average molecular weight is 366 g/mol. The van der Waals surface area contributed by atoms with E-state index in [1.807, 2.05) is 38.3 Å². The monoisotopic (exact) mass is 366 g/mol. The molecule has 0 aromatic heterocycles. The van der Waals surface area contributed by atoms with Crippen LogP contribution in [0.5, 0.6) is 11.5 Å². The summed E-state index contributed by atoms with van der Waals surface area (Å²) in [4.78, 5) is 13.0. The molecule has 1 unspecified atom stereocenters. The summed E-state index contributed by atoms with van der Waals surface area (Å²) in [6.45, 7) is 6.54. The molecule has 2 aliphatic rings. The molecule has 27 heavy (non-hydrogen) atoms. The fourth-order valence-corrected chi connectivity index (χ4v) is 4.20. The van der Waals surface area contributed by atoms with Crippen molar-refractivity contribution in [2.45, 2.75) is 31.9 Å². The lowest BCUT2D eigenvalue weighted by Crippen LogP contribution is -2.58. The Balaban J connectivity index is 1.88. The Bertz CT molecular complexity index is 967. The highest BCUT2D eigenvalue weighted by atomic mass is 16.6. The number of ether oxygens (including phenoxy) is 2. The second kappa shape index (κ2) is 5.74. The summed E-state index contributed by atoms with van der Waals surface area (Å²) in [6, 6.07) is 11.2. The third kappa shape index (κ3) is 2.25. The van der Waals surface area contributed by atoms with Crippen LogP contribution in [0.25, 0.3) is 6.08 Å². The second-order valence-corrected chi connectivity index (χ2v) is 7.39. The Morgan fingerprint density at radius 1 is 1.26 bits per heavy atom. The van der Waals surface area contributed by atoms with Crippen LogP contribution in [0.2, 0.25) is 0 Å². The van der Waals surface area contributed by atoms with Crippen LogP contribution in [0, 0.1) is 10.1 Å². The number of nitro benzene ring substituents is 1. The van der Waals surface area contributed by atoms with Crippen molar-refractivity contribution >= 4 is 17.5 Å². The molecule has 0 aliphatic carbocycles. The predicted molar refractivity (Wildman–Crippen MR) is 105 cm³/mol. The molecule has 0 amide bonds. The lowest BCUT2D eigenvalue weighted by molar-refractivity contribution is -0.385. The predicted octanol–water partition coefficient (Wildman–Crippen LogP) is 4.52. The molecule has 1 spiro atoms. The first-order valence-electron chi connectivity index (χ1n) is 8.98. The molecular formula is C21H22N2O4. The maximum Gasteiger partial charge on any atom is 0.274 e. The van der Waals surface area contributed by atoms with Gasteiger partial charge in [-0.1, -0.05) is 18.2 Å². The van der Waals surface area contributed by atoms with Gasteiger partial charge in [-0.25, -0.2) is 0 Å². The van der Waals surface area contributed by atoms with Gasteiger partial charge in [0.15, 0.2) is 11.5 Å². The Morgan fingerprint density at radius 3 is 2.67 bits per heavy atom. The van der Waals surface area contributed by atoms with Crippen molar-refractivity contribution in [2.24, 2.45) is 0 Å². The molecule has 2 heterocycles. The second-order valence-electron chi connectivity index (χ2n) is 7.39. The number of benzene rings is 2. The Morgan fingerprint density at radius 2 is 2.00 bits per heavy atom. The highest BCUT2D eigenvalue weighted by Crippen LogP contribution is 2.55. The Kier molecular flexibility index (Phi) is 3.70. The van der Waals surface area contributed by atoms with Crippen molar-refractivity contribution in [3.05, 3.63) is 63.7 Å². The molecule has 0 fully saturated rings. The van der Waals surface area contributed by atoms with E-state index in [0.29, 0.717) is 23.7 Å². The van der Waals surface area contributed by atoms with Crippen LogP contribution >= 0.6 is 0 Å². The molecule has 2 aliphatic heterocycles. The topological polar surface area (TPSA) is 64.8 Å². The minimum atomic E-state index is -0.744. The van der Waals surface area contributed by atoms with Crippen LogP contribution in [0.1, 0.15) is 31.9 Å². The van der Waals surface area contributed by atoms with Gasteiger partial charge in [0.1, 0.15) is 0 Å². The normalized spacial score (nSPS) is 21.6. The Hall–Kier alpha value is -3.02. The van der Waals surface area contributed by atoms with Gasteiger partial charge in [-0.15, -0.1) is 0 Å². The number of nitro groups is 1. The number of para-hydroxylation sites is 1. The zero-order valence-corrected chi connectivity index (χ0v) is 15.9. The van der Waals surface area contributed by atoms with Gasteiger partial charge in [0.2, 0.25) is 5.72 Å². The standard InChI is InChI=1S/C21H22N2O4/c1-5-26-18-13-15(23(24)25)12-14-10-11-21(27-19(14)18)20(2,3)16-8-6-7-9-17(16)22(21)4/h6-13H,5H2,1-4H3. The number of likely N-dealkylation sites (N-methyl/N-ethyl adjacent to an activating group) is 1. The molecule has 2 aromatic rings. The molecule has 1 atom stereocenters. The van der Waals surface area contributed by atoms with E-state index in [4.69, 9.17) is 9.47 Å². The highest BCUT2D eigenvalue weighted by Gasteiger charge is 2.57. The van der Waals surface area contributed by atoms with E-state index in [1.165, 1.54) is 17.7 Å². The summed E-state index contributed by atoms with van der Waals surface area (Å²) < 4.78 is 12.3. The molecule has 0 saturated carbocycles. The van der Waals surface area contributed by atoms with Crippen molar-refractivity contribution in [1.29, 1.82) is 0 Å². The SMILES string of the molecule is CCOc1cc([N+](=O)[O-])cc2c1OC1(C=C2)N(C)c2ccccc2C1(C)C. The maximum atomic E-state index is 11.3. The number of fused-ring (bicyclic) bond motifs is 2. The summed E-state index contributed by atoms with van der Waals surface area (Å²) >= 11 is 0. The van der Waals surface area contributed by atoms with Gasteiger partial charge in [-0.3, -0.25) is 10.1 Å². The third-order valence-electron chi connectivity index (χ3n) is 5.66. The van der Waals surface area contributed by atoms with Crippen LogP contribution in [-0.4, -0.2) is 24.3 Å². The van der Waals surface area contributed by atoms with Gasteiger partial charge in [0.25, 0.3) is 5.69 Å². The average Bonchev–Trinajstić information content (AvgIpc) is 2.81. The van der Waals surface area contributed by atoms with Gasteiger partial charge >= 0.3 is 0 Å². The number of hydrogen-bond acceptors (Lipinski definition) is 5. The molecule has 140 valence electrons. The van der Waals surface area contributed by atoms with E-state index >= 15 is 0 Å². The molecule has 4 rings (SSSR count). The quantitative estimate of drug-likeness (QED) is 0.590. The fraction of sp³-hybridized carbons (Fsp3) is 0.333. The minimum Gasteiger partial charge on any atom is -0.490 e. The lowest BCUT2D eigenvalue weighted by atomic mass is 9.76. The van der Waals surface area contributed by atoms with Crippen LogP contribution in [-0.2, 0) is 5.41 Å². The third-order valence-corrected chi connectivity index (χ3v) is 5.66. The first-order valence-corrected chi connectivity index (χ1v) is 8.98. The van der Waals surface area contributed by atoms with E-state index < -0.39 is 10.6 Å². The summed E-state index contributed by atoms with van der Waals surface area (Å²) in [7, 11) is 2.01. The highest BCUT2D eigenvalue weighted by molar-refractivity contribution is 5.74. The van der Waals surface area contributed by atoms with Crippen LogP contribution in [0.4, 0.5) is 11.4 Å². The molecular weight excluding hydrogens is 344 g/mol. The number of rotatable bonds is 3. The van der Waals surface area contributed by atoms with Crippen molar-refractivity contribution in [1.82, 2.24) is 0 Å². The minimum absolute atomic E-state index is 0.0104. The summed E-state index contributed by atoms with van der Waals surface area (Å²) in [5.41, 5.74) is 1.86. The van der Waals surface area contributed by atoms with Crippen molar-refractivity contribution in [3.63, 3.8) is 0 Å². The van der Waals surface area contributed by atoms with Gasteiger partial charge < -0.3 is 14.4 Å². The molecule has 0 radical (unpaired) electrons. The van der Waals surface area contributed by atoms with Crippen molar-refractivity contribution in [2.75, 3.05) is 18.6 Å². The Labute approximate surface area is 158 Å². The fourth-order valence-electron chi connectivity index (χ4n) is 4.20. The summed E-state index contributed by atoms with van der Waals surface area (Å²) in [5.74, 6) is 0.934. The van der Waals surface area contributed by atoms with Crippen LogP contribution in [0.3, 0.4) is 0 Å². The van der Waals surface area contributed by atoms with Gasteiger partial charge in [-0.05, 0) is 44.6 Å². The number of nitrogens with zero attached hydrogens (tertiary/aromatic N) is 2. The van der Waals surface area contributed by atoms with E-state index in [1.54, 1.807) is 0 Å². The first-order chi connectivity index (χ1) is 12.8. The lowest BCUT2D eigenvalue weighted by Gasteiger charge is -2.46. The summed E-state index contributed by atoms with van der Waals surface area (Å²) in [6.07, 6.45) is 3.90. The largest absolute Gasteiger partial charge is 0.490 e. The maximum absolute atomic E-state index is 11.3. The zero-order valence-electron chi connectivity index (χ0n) is 15.9. The van der Waals surface area contributed by atoms with Crippen LogP contribution < -0.4 is 14.4 Å². The number of anilines is 1. The van der Waals surface area contributed by atoms with Gasteiger partial charge in [-0.2, -0.15) is 0 Å². The molecule has 0 saturated heterocycles. The summed E-state index contributed by atoms with van der Waals surface area (Å²) in [5, 5.41) is 11.3. The van der Waals surface area contributed by atoms with Gasteiger partial charge in [0.05, 0.1) is 23.0 Å². The smallest absolute Gasteiger partial charge is 0.274 e. The molecule has 6 nitrogen and oxygen atoms in total. The van der Waals surface area contributed by atoms with E-state index in [-0.39, 0.29) is 11.1 Å². The molecule has 0 bridgehead atoms. The van der Waals surface area contributed by atoms with Crippen molar-refractivity contribution < 1.29 is 14.4 Å². The number of hydrogen-bond donors (Lipinski definition) is 0. The van der Waals surface area contributed by atoms with E-state index in [2.05, 4.69) is 30.9 Å². The zero-order chi connectivity index (χ0) is 19.4. The first kappa shape index (κ1) is 17.4. The van der Waals surface area contributed by atoms with E-state index in [0.717, 1.165) is 5.69 Å². The van der Waals surface area contributed by atoms with Crippen molar-refractivity contribution in [3.8, 4) is 11.5 Å².